The van der Waals surface area contributed by atoms with Crippen molar-refractivity contribution >= 4 is 40.9 Å². The third kappa shape index (κ3) is 4.62. The van der Waals surface area contributed by atoms with E-state index >= 15 is 0 Å². The smallest absolute Gasteiger partial charge is 0.339 e. The number of nitrogens with zero attached hydrogens (tertiary/aromatic N) is 1. The van der Waals surface area contributed by atoms with Crippen LogP contribution in [0.25, 0.3) is 0 Å². The molecule has 24 heavy (non-hydrogen) atoms. The molecule has 0 radical (unpaired) electrons. The van der Waals surface area contributed by atoms with Gasteiger partial charge in [0.1, 0.15) is 11.6 Å². The van der Waals surface area contributed by atoms with Gasteiger partial charge in [-0.25, -0.2) is 18.6 Å². The van der Waals surface area contributed by atoms with Crippen molar-refractivity contribution in [2.45, 2.75) is 13.0 Å². The maximum Gasteiger partial charge on any atom is 0.339 e. The maximum atomic E-state index is 13.1. The largest absolute Gasteiger partial charge is 0.449 e. The van der Waals surface area contributed by atoms with Gasteiger partial charge in [-0.1, -0.05) is 23.2 Å². The fraction of sp³-hybridized carbons (Fsp3) is 0.133. The number of pyridine rings is 1. The van der Waals surface area contributed by atoms with Crippen LogP contribution in [0, 0.1) is 11.6 Å². The van der Waals surface area contributed by atoms with Crippen molar-refractivity contribution in [2.75, 3.05) is 5.32 Å². The summed E-state index contributed by atoms with van der Waals surface area (Å²) in [4.78, 5) is 27.6. The van der Waals surface area contributed by atoms with Crippen LogP contribution >= 0.6 is 23.2 Å². The number of hydrogen-bond acceptors (Lipinski definition) is 4. The molecule has 1 heterocycles. The zero-order valence-electron chi connectivity index (χ0n) is 12.1. The van der Waals surface area contributed by atoms with E-state index in [1.165, 1.54) is 19.2 Å². The number of nitrogens with one attached hydrogen (secondary N) is 1. The van der Waals surface area contributed by atoms with Gasteiger partial charge in [0.15, 0.2) is 11.9 Å². The Balaban J connectivity index is 2.04. The molecule has 5 nitrogen and oxygen atoms in total. The number of aromatic nitrogens is 1. The Bertz CT molecular complexity index is 782. The molecule has 1 atom stereocenters. The zero-order valence-corrected chi connectivity index (χ0v) is 13.7. The van der Waals surface area contributed by atoms with Crippen molar-refractivity contribution in [2.24, 2.45) is 0 Å². The standard InChI is InChI=1S/C15H10Cl2F2N2O3/c1-7(14(22)21-13-12(17)4-9(16)6-20-13)24-15(23)8-2-10(18)5-11(19)3-8/h2-7H,1H3,(H,20,21,22). The summed E-state index contributed by atoms with van der Waals surface area (Å²) in [6.45, 7) is 1.28. The van der Waals surface area contributed by atoms with E-state index in [9.17, 15) is 18.4 Å². The topological polar surface area (TPSA) is 68.3 Å². The molecule has 0 saturated carbocycles. The first-order valence-corrected chi connectivity index (χ1v) is 7.31. The second-order valence-corrected chi connectivity index (χ2v) is 5.52. The lowest BCUT2D eigenvalue weighted by Gasteiger charge is -2.14. The summed E-state index contributed by atoms with van der Waals surface area (Å²) < 4.78 is 31.0. The number of amides is 1. The Labute approximate surface area is 145 Å². The van der Waals surface area contributed by atoms with Gasteiger partial charge in [0.2, 0.25) is 0 Å². The number of anilines is 1. The number of carbonyl (C=O) groups is 2. The highest BCUT2D eigenvalue weighted by atomic mass is 35.5. The summed E-state index contributed by atoms with van der Waals surface area (Å²) in [5.74, 6) is -3.61. The van der Waals surface area contributed by atoms with Crippen LogP contribution in [0.4, 0.5) is 14.6 Å². The minimum absolute atomic E-state index is 0.0331. The van der Waals surface area contributed by atoms with Gasteiger partial charge < -0.3 is 10.1 Å². The molecule has 126 valence electrons. The lowest BCUT2D eigenvalue weighted by molar-refractivity contribution is -0.123. The summed E-state index contributed by atoms with van der Waals surface area (Å²) in [5.41, 5.74) is -0.352. The molecular formula is C15H10Cl2F2N2O3. The lowest BCUT2D eigenvalue weighted by Crippen LogP contribution is -2.30. The van der Waals surface area contributed by atoms with Gasteiger partial charge in [0.05, 0.1) is 15.6 Å². The third-order valence-corrected chi connectivity index (χ3v) is 3.30. The molecule has 0 aliphatic carbocycles. The van der Waals surface area contributed by atoms with Crippen LogP contribution < -0.4 is 5.32 Å². The molecule has 1 aromatic heterocycles. The Hall–Kier alpha value is -2.25. The van der Waals surface area contributed by atoms with Crippen LogP contribution in [0.15, 0.2) is 30.5 Å². The summed E-state index contributed by atoms with van der Waals surface area (Å²) in [6, 6.07) is 3.58. The number of esters is 1. The van der Waals surface area contributed by atoms with Gasteiger partial charge >= 0.3 is 5.97 Å². The van der Waals surface area contributed by atoms with Crippen LogP contribution in [0.3, 0.4) is 0 Å². The Morgan fingerprint density at radius 1 is 1.17 bits per heavy atom. The minimum Gasteiger partial charge on any atom is -0.449 e. The number of ether oxygens (including phenoxy) is 1. The van der Waals surface area contributed by atoms with Gasteiger partial charge in [-0.2, -0.15) is 0 Å². The predicted octanol–water partition coefficient (Wildman–Crippen LogP) is 3.85. The SMILES string of the molecule is CC(OC(=O)c1cc(F)cc(F)c1)C(=O)Nc1ncc(Cl)cc1Cl. The Morgan fingerprint density at radius 2 is 1.79 bits per heavy atom. The highest BCUT2D eigenvalue weighted by Crippen LogP contribution is 2.22. The molecule has 0 fully saturated rings. The highest BCUT2D eigenvalue weighted by Gasteiger charge is 2.21. The van der Waals surface area contributed by atoms with Crippen LogP contribution in [0.5, 0.6) is 0 Å². The quantitative estimate of drug-likeness (QED) is 0.825. The van der Waals surface area contributed by atoms with Crippen molar-refractivity contribution in [3.05, 3.63) is 57.7 Å². The van der Waals surface area contributed by atoms with Crippen LogP contribution in [-0.2, 0) is 9.53 Å². The van der Waals surface area contributed by atoms with Crippen molar-refractivity contribution < 1.29 is 23.1 Å². The second kappa shape index (κ2) is 7.55. The number of benzene rings is 1. The van der Waals surface area contributed by atoms with E-state index in [0.29, 0.717) is 6.07 Å². The zero-order chi connectivity index (χ0) is 17.9. The average Bonchev–Trinajstić information content (AvgIpc) is 2.48. The van der Waals surface area contributed by atoms with Crippen LogP contribution in [0.1, 0.15) is 17.3 Å². The molecule has 1 amide bonds. The first-order chi connectivity index (χ1) is 11.3. The molecule has 0 spiro atoms. The average molecular weight is 375 g/mol. The van der Waals surface area contributed by atoms with E-state index in [1.54, 1.807) is 0 Å². The summed E-state index contributed by atoms with van der Waals surface area (Å²) in [6.07, 6.45) is 0.0206. The number of halogens is 4. The fourth-order valence-electron chi connectivity index (χ4n) is 1.68. The Kier molecular flexibility index (Phi) is 5.69. The summed E-state index contributed by atoms with van der Waals surface area (Å²) >= 11 is 11.5. The first-order valence-electron chi connectivity index (χ1n) is 6.55. The minimum atomic E-state index is -1.25. The molecule has 0 aliphatic heterocycles. The molecule has 1 unspecified atom stereocenters. The fourth-order valence-corrected chi connectivity index (χ4v) is 2.11. The number of hydrogen-bond donors (Lipinski definition) is 1. The summed E-state index contributed by atoms with van der Waals surface area (Å²) in [7, 11) is 0. The molecule has 2 rings (SSSR count). The van der Waals surface area contributed by atoms with Crippen molar-refractivity contribution in [1.82, 2.24) is 4.98 Å². The Morgan fingerprint density at radius 3 is 2.38 bits per heavy atom. The molecule has 1 N–H and O–H groups in total. The maximum absolute atomic E-state index is 13.1. The van der Waals surface area contributed by atoms with Gasteiger partial charge in [0.25, 0.3) is 5.91 Å². The normalized spacial score (nSPS) is 11.7. The number of rotatable bonds is 4. The molecule has 1 aromatic carbocycles. The monoisotopic (exact) mass is 374 g/mol. The van der Waals surface area contributed by atoms with Crippen molar-refractivity contribution in [3.63, 3.8) is 0 Å². The molecule has 0 saturated heterocycles. The molecule has 2 aromatic rings. The van der Waals surface area contributed by atoms with E-state index in [0.717, 1.165) is 12.1 Å². The van der Waals surface area contributed by atoms with E-state index in [1.807, 2.05) is 0 Å². The molecule has 0 bridgehead atoms. The molecule has 0 aliphatic rings. The van der Waals surface area contributed by atoms with Gasteiger partial charge in [-0.05, 0) is 25.1 Å². The predicted molar refractivity (Wildman–Crippen MR) is 84.1 cm³/mol. The van der Waals surface area contributed by atoms with Crippen molar-refractivity contribution in [3.8, 4) is 0 Å². The second-order valence-electron chi connectivity index (χ2n) is 4.68. The van der Waals surface area contributed by atoms with Crippen LogP contribution in [0.2, 0.25) is 10.0 Å². The van der Waals surface area contributed by atoms with Gasteiger partial charge in [-0.15, -0.1) is 0 Å². The van der Waals surface area contributed by atoms with Crippen molar-refractivity contribution in [1.29, 1.82) is 0 Å². The van der Waals surface area contributed by atoms with E-state index in [2.05, 4.69) is 10.3 Å². The number of carbonyl (C=O) groups excluding carboxylic acids is 2. The molecule has 9 heteroatoms. The lowest BCUT2D eigenvalue weighted by atomic mass is 10.2. The van der Waals surface area contributed by atoms with Gasteiger partial charge in [0, 0.05) is 12.3 Å². The first kappa shape index (κ1) is 18.1. The summed E-state index contributed by atoms with van der Waals surface area (Å²) in [5, 5.41) is 2.73. The third-order valence-electron chi connectivity index (χ3n) is 2.80. The van der Waals surface area contributed by atoms with Gasteiger partial charge in [-0.3, -0.25) is 4.79 Å². The molecular weight excluding hydrogens is 365 g/mol. The van der Waals surface area contributed by atoms with E-state index < -0.39 is 29.6 Å². The van der Waals surface area contributed by atoms with Crippen LogP contribution in [-0.4, -0.2) is 23.0 Å². The highest BCUT2D eigenvalue weighted by molar-refractivity contribution is 6.36. The van der Waals surface area contributed by atoms with E-state index in [-0.39, 0.29) is 21.4 Å². The van der Waals surface area contributed by atoms with E-state index in [4.69, 9.17) is 27.9 Å².